The number of hydrogen-bond acceptors (Lipinski definition) is 3. The zero-order valence-electron chi connectivity index (χ0n) is 15.1. The minimum atomic E-state index is 0.133. The fourth-order valence-corrected chi connectivity index (χ4v) is 4.70. The van der Waals surface area contributed by atoms with Gasteiger partial charge < -0.3 is 9.80 Å². The molecule has 0 aliphatic carbocycles. The summed E-state index contributed by atoms with van der Waals surface area (Å²) in [5.41, 5.74) is 0. The van der Waals surface area contributed by atoms with Gasteiger partial charge in [0.15, 0.2) is 0 Å². The summed E-state index contributed by atoms with van der Waals surface area (Å²) < 4.78 is 0. The Morgan fingerprint density at radius 2 is 1.72 bits per heavy atom. The summed E-state index contributed by atoms with van der Waals surface area (Å²) in [6.07, 6.45) is 9.02. The largest absolute Gasteiger partial charge is 0.343 e. The van der Waals surface area contributed by atoms with E-state index in [4.69, 9.17) is 0 Å². The van der Waals surface area contributed by atoms with Gasteiger partial charge in [0.1, 0.15) is 0 Å². The maximum Gasteiger partial charge on any atom is 0.225 e. The van der Waals surface area contributed by atoms with Crippen molar-refractivity contribution < 1.29 is 9.59 Å². The van der Waals surface area contributed by atoms with E-state index in [-0.39, 0.29) is 11.8 Å². The molecule has 0 radical (unpaired) electrons. The standard InChI is InChI=1S/C20H30N2O2S/c23-19(9-5-7-18-8-6-16-25-18)21-14-10-17(11-15-21)20(24)22-12-3-1-2-4-13-22/h6,8,16-17H,1-5,7,9-15H2. The molecule has 0 spiro atoms. The van der Waals surface area contributed by atoms with Crippen LogP contribution in [0, 0.1) is 5.92 Å². The van der Waals surface area contributed by atoms with Gasteiger partial charge in [-0.05, 0) is 50.0 Å². The van der Waals surface area contributed by atoms with E-state index >= 15 is 0 Å². The molecule has 3 heterocycles. The van der Waals surface area contributed by atoms with Crippen LogP contribution in [0.3, 0.4) is 0 Å². The average molecular weight is 363 g/mol. The molecule has 0 atom stereocenters. The first-order valence-electron chi connectivity index (χ1n) is 9.83. The van der Waals surface area contributed by atoms with Gasteiger partial charge in [-0.3, -0.25) is 9.59 Å². The molecular formula is C20H30N2O2S. The Hall–Kier alpha value is -1.36. The van der Waals surface area contributed by atoms with E-state index < -0.39 is 0 Å². The molecule has 5 heteroatoms. The van der Waals surface area contributed by atoms with Gasteiger partial charge in [0, 0.05) is 43.4 Å². The summed E-state index contributed by atoms with van der Waals surface area (Å²) in [5, 5.41) is 2.09. The van der Waals surface area contributed by atoms with Crippen LogP contribution in [-0.2, 0) is 16.0 Å². The number of thiophene rings is 1. The third-order valence-corrected chi connectivity index (χ3v) is 6.44. The highest BCUT2D eigenvalue weighted by Gasteiger charge is 2.30. The smallest absolute Gasteiger partial charge is 0.225 e. The Balaban J connectivity index is 1.38. The SMILES string of the molecule is O=C(CCCc1cccs1)N1CCC(C(=O)N2CCCCCC2)CC1. The van der Waals surface area contributed by atoms with Gasteiger partial charge >= 0.3 is 0 Å². The van der Waals surface area contributed by atoms with Gasteiger partial charge in [0.2, 0.25) is 11.8 Å². The fraction of sp³-hybridized carbons (Fsp3) is 0.700. The zero-order valence-corrected chi connectivity index (χ0v) is 15.9. The topological polar surface area (TPSA) is 40.6 Å². The van der Waals surface area contributed by atoms with Crippen LogP contribution in [0.5, 0.6) is 0 Å². The van der Waals surface area contributed by atoms with Crippen LogP contribution in [0.15, 0.2) is 17.5 Å². The van der Waals surface area contributed by atoms with E-state index in [1.165, 1.54) is 17.7 Å². The third kappa shape index (κ3) is 5.30. The number of piperidine rings is 1. The molecule has 1 aromatic rings. The fourth-order valence-electron chi connectivity index (χ4n) is 3.95. The van der Waals surface area contributed by atoms with E-state index in [1.807, 2.05) is 4.90 Å². The van der Waals surface area contributed by atoms with E-state index in [0.29, 0.717) is 12.3 Å². The minimum absolute atomic E-state index is 0.133. The molecule has 0 aromatic carbocycles. The lowest BCUT2D eigenvalue weighted by molar-refractivity contribution is -0.140. The lowest BCUT2D eigenvalue weighted by atomic mass is 9.94. The Bertz CT molecular complexity index is 542. The number of rotatable bonds is 5. The summed E-state index contributed by atoms with van der Waals surface area (Å²) in [6, 6.07) is 4.20. The Morgan fingerprint density at radius 3 is 2.36 bits per heavy atom. The van der Waals surface area contributed by atoms with Crippen LogP contribution in [0.2, 0.25) is 0 Å². The van der Waals surface area contributed by atoms with Crippen molar-refractivity contribution >= 4 is 23.2 Å². The van der Waals surface area contributed by atoms with Crippen molar-refractivity contribution in [2.24, 2.45) is 5.92 Å². The van der Waals surface area contributed by atoms with Crippen molar-refractivity contribution in [3.8, 4) is 0 Å². The number of carbonyl (C=O) groups excluding carboxylic acids is 2. The van der Waals surface area contributed by atoms with Crippen molar-refractivity contribution in [3.05, 3.63) is 22.4 Å². The second kappa shape index (κ2) is 9.37. The third-order valence-electron chi connectivity index (χ3n) is 5.51. The number of hydrogen-bond donors (Lipinski definition) is 0. The molecule has 4 nitrogen and oxygen atoms in total. The second-order valence-electron chi connectivity index (χ2n) is 7.33. The molecule has 2 amide bonds. The highest BCUT2D eigenvalue weighted by Crippen LogP contribution is 2.22. The molecule has 2 fully saturated rings. The first-order valence-corrected chi connectivity index (χ1v) is 10.7. The first kappa shape index (κ1) is 18.4. The molecule has 138 valence electrons. The molecule has 3 rings (SSSR count). The molecule has 0 saturated carbocycles. The zero-order chi connectivity index (χ0) is 17.5. The Morgan fingerprint density at radius 1 is 1.00 bits per heavy atom. The summed E-state index contributed by atoms with van der Waals surface area (Å²) in [5.74, 6) is 0.734. The quantitative estimate of drug-likeness (QED) is 0.801. The molecule has 2 aliphatic heterocycles. The average Bonchev–Trinajstić information content (AvgIpc) is 3.01. The highest BCUT2D eigenvalue weighted by atomic mass is 32.1. The van der Waals surface area contributed by atoms with Crippen molar-refractivity contribution in [2.75, 3.05) is 26.2 Å². The maximum atomic E-state index is 12.7. The van der Waals surface area contributed by atoms with E-state index in [9.17, 15) is 9.59 Å². The Kier molecular flexibility index (Phi) is 6.91. The van der Waals surface area contributed by atoms with Crippen LogP contribution in [0.1, 0.15) is 56.2 Å². The summed E-state index contributed by atoms with van der Waals surface area (Å²) in [4.78, 5) is 30.5. The van der Waals surface area contributed by atoms with E-state index in [0.717, 1.165) is 64.7 Å². The van der Waals surface area contributed by atoms with Crippen LogP contribution >= 0.6 is 11.3 Å². The Labute approximate surface area is 155 Å². The molecule has 2 saturated heterocycles. The van der Waals surface area contributed by atoms with Crippen LogP contribution in [0.4, 0.5) is 0 Å². The number of aryl methyl sites for hydroxylation is 1. The second-order valence-corrected chi connectivity index (χ2v) is 8.36. The van der Waals surface area contributed by atoms with Gasteiger partial charge in [-0.2, -0.15) is 0 Å². The van der Waals surface area contributed by atoms with Gasteiger partial charge in [-0.1, -0.05) is 18.9 Å². The van der Waals surface area contributed by atoms with Gasteiger partial charge in [-0.25, -0.2) is 0 Å². The van der Waals surface area contributed by atoms with Gasteiger partial charge in [-0.15, -0.1) is 11.3 Å². The van der Waals surface area contributed by atoms with Crippen LogP contribution in [-0.4, -0.2) is 47.8 Å². The molecule has 0 bridgehead atoms. The van der Waals surface area contributed by atoms with Crippen molar-refractivity contribution in [3.63, 3.8) is 0 Å². The first-order chi connectivity index (χ1) is 12.2. The highest BCUT2D eigenvalue weighted by molar-refractivity contribution is 7.09. The van der Waals surface area contributed by atoms with Crippen molar-refractivity contribution in [2.45, 2.75) is 57.8 Å². The number of carbonyl (C=O) groups is 2. The minimum Gasteiger partial charge on any atom is -0.343 e. The predicted octanol–water partition coefficient (Wildman–Crippen LogP) is 3.71. The van der Waals surface area contributed by atoms with Gasteiger partial charge in [0.05, 0.1) is 0 Å². The van der Waals surface area contributed by atoms with Crippen LogP contribution in [0.25, 0.3) is 0 Å². The predicted molar refractivity (Wildman–Crippen MR) is 102 cm³/mol. The van der Waals surface area contributed by atoms with Crippen LogP contribution < -0.4 is 0 Å². The molecule has 0 N–H and O–H groups in total. The van der Waals surface area contributed by atoms with E-state index in [1.54, 1.807) is 11.3 Å². The summed E-state index contributed by atoms with van der Waals surface area (Å²) >= 11 is 1.76. The molecule has 25 heavy (non-hydrogen) atoms. The number of likely N-dealkylation sites (tertiary alicyclic amines) is 2. The number of amides is 2. The lowest BCUT2D eigenvalue weighted by Crippen LogP contribution is -2.44. The summed E-state index contributed by atoms with van der Waals surface area (Å²) in [6.45, 7) is 3.37. The molecule has 0 unspecified atom stereocenters. The van der Waals surface area contributed by atoms with Crippen molar-refractivity contribution in [1.29, 1.82) is 0 Å². The van der Waals surface area contributed by atoms with Crippen molar-refractivity contribution in [1.82, 2.24) is 9.80 Å². The maximum absolute atomic E-state index is 12.7. The molecule has 2 aliphatic rings. The molecular weight excluding hydrogens is 332 g/mol. The normalized spacial score (nSPS) is 19.7. The van der Waals surface area contributed by atoms with E-state index in [2.05, 4.69) is 22.4 Å². The lowest BCUT2D eigenvalue weighted by Gasteiger charge is -2.34. The molecule has 1 aromatic heterocycles. The van der Waals surface area contributed by atoms with Gasteiger partial charge in [0.25, 0.3) is 0 Å². The summed E-state index contributed by atoms with van der Waals surface area (Å²) in [7, 11) is 0. The number of nitrogens with zero attached hydrogens (tertiary/aromatic N) is 2. The monoisotopic (exact) mass is 362 g/mol.